The number of benzene rings is 2. The van der Waals surface area contributed by atoms with Crippen LogP contribution in [0.25, 0.3) is 11.1 Å². The molecule has 1 aliphatic carbocycles. The average molecular weight is 383 g/mol. The molecule has 4 atom stereocenters. The van der Waals surface area contributed by atoms with E-state index < -0.39 is 0 Å². The van der Waals surface area contributed by atoms with Crippen molar-refractivity contribution < 1.29 is 10.2 Å². The summed E-state index contributed by atoms with van der Waals surface area (Å²) in [6.07, 6.45) is 0. The zero-order valence-electron chi connectivity index (χ0n) is 17.4. The van der Waals surface area contributed by atoms with Crippen molar-refractivity contribution in [1.29, 1.82) is 0 Å². The first kappa shape index (κ1) is 21.0. The highest BCUT2D eigenvalue weighted by Gasteiger charge is 2.36. The molecule has 0 saturated carbocycles. The van der Waals surface area contributed by atoms with Gasteiger partial charge in [-0.2, -0.15) is 0 Å². The third-order valence-electron chi connectivity index (χ3n) is 6.01. The zero-order chi connectivity index (χ0) is 20.3. The van der Waals surface area contributed by atoms with E-state index in [9.17, 15) is 10.2 Å². The number of aliphatic hydroxyl groups is 2. The molecule has 1 aliphatic rings. The summed E-state index contributed by atoms with van der Waals surface area (Å²) in [5.41, 5.74) is 4.94. The Morgan fingerprint density at radius 3 is 1.36 bits per heavy atom. The van der Waals surface area contributed by atoms with Crippen LogP contribution in [0.1, 0.15) is 50.9 Å². The molecule has 3 rings (SSSR count). The van der Waals surface area contributed by atoms with Crippen LogP contribution in [-0.2, 0) is 0 Å². The lowest BCUT2D eigenvalue weighted by molar-refractivity contribution is 0.164. The van der Waals surface area contributed by atoms with E-state index in [0.29, 0.717) is 11.8 Å². The van der Waals surface area contributed by atoms with E-state index >= 15 is 0 Å². The van der Waals surface area contributed by atoms with Gasteiger partial charge in [0.2, 0.25) is 0 Å². The van der Waals surface area contributed by atoms with Crippen molar-refractivity contribution in [3.05, 3.63) is 59.7 Å². The Kier molecular flexibility index (Phi) is 6.89. The molecular formula is C24H34N2O2. The van der Waals surface area contributed by atoms with Crippen molar-refractivity contribution in [2.75, 3.05) is 13.2 Å². The summed E-state index contributed by atoms with van der Waals surface area (Å²) in [5.74, 6) is 0.627. The van der Waals surface area contributed by atoms with Gasteiger partial charge < -0.3 is 20.8 Å². The van der Waals surface area contributed by atoms with E-state index in [1.54, 1.807) is 0 Å². The van der Waals surface area contributed by atoms with Crippen LogP contribution in [-0.4, -0.2) is 35.5 Å². The number of aliphatic hydroxyl groups excluding tert-OH is 2. The lowest BCUT2D eigenvalue weighted by Crippen LogP contribution is -2.49. The predicted octanol–water partition coefficient (Wildman–Crippen LogP) is 3.66. The zero-order valence-corrected chi connectivity index (χ0v) is 17.4. The number of nitrogens with one attached hydrogen (secondary N) is 2. The molecule has 0 heterocycles. The van der Waals surface area contributed by atoms with Crippen LogP contribution < -0.4 is 10.6 Å². The third-order valence-corrected chi connectivity index (χ3v) is 6.01. The Morgan fingerprint density at radius 1 is 0.679 bits per heavy atom. The van der Waals surface area contributed by atoms with Gasteiger partial charge in [-0.25, -0.2) is 0 Å². The molecular weight excluding hydrogens is 348 g/mol. The number of hydrogen-bond acceptors (Lipinski definition) is 4. The second kappa shape index (κ2) is 9.19. The van der Waals surface area contributed by atoms with Gasteiger partial charge in [0.15, 0.2) is 0 Å². The number of fused-ring (bicyclic) bond motifs is 3. The Labute approximate surface area is 169 Å². The van der Waals surface area contributed by atoms with Crippen LogP contribution in [0.2, 0.25) is 0 Å². The molecule has 0 fully saturated rings. The quantitative estimate of drug-likeness (QED) is 0.563. The van der Waals surface area contributed by atoms with Gasteiger partial charge >= 0.3 is 0 Å². The van der Waals surface area contributed by atoms with Crippen molar-refractivity contribution in [2.45, 2.75) is 51.9 Å². The van der Waals surface area contributed by atoms with Gasteiger partial charge in [-0.05, 0) is 34.1 Å². The second-order valence-corrected chi connectivity index (χ2v) is 8.53. The topological polar surface area (TPSA) is 64.5 Å². The van der Waals surface area contributed by atoms with Crippen molar-refractivity contribution in [2.24, 2.45) is 11.8 Å². The molecule has 0 saturated heterocycles. The second-order valence-electron chi connectivity index (χ2n) is 8.53. The van der Waals surface area contributed by atoms with Crippen molar-refractivity contribution >= 4 is 0 Å². The Bertz CT molecular complexity index is 709. The van der Waals surface area contributed by atoms with Gasteiger partial charge in [-0.3, -0.25) is 0 Å². The Hall–Kier alpha value is -1.72. The molecule has 2 aromatic carbocycles. The standard InChI is InChI=1S/C24H34N2O2/c1-15(2)21(13-27)25-23-19-11-7-5-9-17(19)18-10-6-8-12-20(18)24(23)26-22(14-28)16(3)4/h5-12,15-16,21-28H,13-14H2,1-4H3/t21-,22-,23-,24-/m1/s1. The number of hydrogen-bond donors (Lipinski definition) is 4. The summed E-state index contributed by atoms with van der Waals surface area (Å²) in [6.45, 7) is 8.71. The fraction of sp³-hybridized carbons (Fsp3) is 0.500. The van der Waals surface area contributed by atoms with E-state index in [4.69, 9.17) is 0 Å². The van der Waals surface area contributed by atoms with Crippen LogP contribution in [0.5, 0.6) is 0 Å². The summed E-state index contributed by atoms with van der Waals surface area (Å²) in [5, 5.41) is 27.4. The van der Waals surface area contributed by atoms with E-state index in [0.717, 1.165) is 0 Å². The van der Waals surface area contributed by atoms with Gasteiger partial charge in [0.25, 0.3) is 0 Å². The number of rotatable bonds is 8. The summed E-state index contributed by atoms with van der Waals surface area (Å²) >= 11 is 0. The average Bonchev–Trinajstić information content (AvgIpc) is 2.70. The molecule has 0 bridgehead atoms. The first-order chi connectivity index (χ1) is 13.5. The van der Waals surface area contributed by atoms with Crippen LogP contribution in [0.15, 0.2) is 48.5 Å². The fourth-order valence-corrected chi connectivity index (χ4v) is 4.13. The van der Waals surface area contributed by atoms with E-state index in [1.807, 2.05) is 0 Å². The lowest BCUT2D eigenvalue weighted by atomic mass is 9.78. The van der Waals surface area contributed by atoms with Gasteiger partial charge in [-0.15, -0.1) is 0 Å². The SMILES string of the molecule is CC(C)[C@@H](CO)N[C@@H]1c2ccccc2-c2ccccc2[C@H]1N[C@H](CO)C(C)C. The summed E-state index contributed by atoms with van der Waals surface area (Å²) in [7, 11) is 0. The monoisotopic (exact) mass is 382 g/mol. The molecule has 2 aromatic rings. The minimum atomic E-state index is -0.000699. The predicted molar refractivity (Wildman–Crippen MR) is 115 cm³/mol. The highest BCUT2D eigenvalue weighted by molar-refractivity contribution is 5.75. The van der Waals surface area contributed by atoms with Gasteiger partial charge in [-0.1, -0.05) is 76.2 Å². The minimum Gasteiger partial charge on any atom is -0.395 e. The van der Waals surface area contributed by atoms with Crippen LogP contribution >= 0.6 is 0 Å². The fourth-order valence-electron chi connectivity index (χ4n) is 4.13. The Balaban J connectivity index is 2.09. The molecule has 4 nitrogen and oxygen atoms in total. The molecule has 0 unspecified atom stereocenters. The first-order valence-electron chi connectivity index (χ1n) is 10.4. The van der Waals surface area contributed by atoms with Crippen molar-refractivity contribution in [3.8, 4) is 11.1 Å². The minimum absolute atomic E-state index is 0.000699. The normalized spacial score (nSPS) is 20.7. The maximum absolute atomic E-state index is 9.95. The molecule has 152 valence electrons. The maximum Gasteiger partial charge on any atom is 0.0587 e. The van der Waals surface area contributed by atoms with Gasteiger partial charge in [0.1, 0.15) is 0 Å². The third kappa shape index (κ3) is 4.15. The lowest BCUT2D eigenvalue weighted by Gasteiger charge is -2.41. The summed E-state index contributed by atoms with van der Waals surface area (Å²) in [4.78, 5) is 0. The van der Waals surface area contributed by atoms with E-state index in [-0.39, 0.29) is 37.4 Å². The molecule has 4 heteroatoms. The molecule has 4 N–H and O–H groups in total. The van der Waals surface area contributed by atoms with Gasteiger partial charge in [0, 0.05) is 12.1 Å². The van der Waals surface area contributed by atoms with Crippen LogP contribution in [0.4, 0.5) is 0 Å². The molecule has 0 aliphatic heterocycles. The molecule has 0 radical (unpaired) electrons. The van der Waals surface area contributed by atoms with Crippen molar-refractivity contribution in [3.63, 3.8) is 0 Å². The van der Waals surface area contributed by atoms with E-state index in [2.05, 4.69) is 86.9 Å². The smallest absolute Gasteiger partial charge is 0.0587 e. The molecule has 28 heavy (non-hydrogen) atoms. The highest BCUT2D eigenvalue weighted by atomic mass is 16.3. The Morgan fingerprint density at radius 2 is 1.04 bits per heavy atom. The van der Waals surface area contributed by atoms with Crippen molar-refractivity contribution in [1.82, 2.24) is 10.6 Å². The van der Waals surface area contributed by atoms with E-state index in [1.165, 1.54) is 22.3 Å². The van der Waals surface area contributed by atoms with Crippen LogP contribution in [0.3, 0.4) is 0 Å². The largest absolute Gasteiger partial charge is 0.395 e. The summed E-state index contributed by atoms with van der Waals surface area (Å²) in [6, 6.07) is 17.0. The molecule has 0 aromatic heterocycles. The summed E-state index contributed by atoms with van der Waals surface area (Å²) < 4.78 is 0. The highest BCUT2D eigenvalue weighted by Crippen LogP contribution is 2.45. The molecule has 0 amide bonds. The van der Waals surface area contributed by atoms with Crippen LogP contribution in [0, 0.1) is 11.8 Å². The van der Waals surface area contributed by atoms with Gasteiger partial charge in [0.05, 0.1) is 25.3 Å². The first-order valence-corrected chi connectivity index (χ1v) is 10.4. The maximum atomic E-state index is 9.95. The molecule has 0 spiro atoms.